The number of rotatable bonds is 5. The molecule has 4 fully saturated rings. The molecule has 5 aliphatic rings. The van der Waals surface area contributed by atoms with E-state index in [-0.39, 0.29) is 48.1 Å². The molecule has 5 rings (SSSR count). The van der Waals surface area contributed by atoms with Crippen LogP contribution >= 0.6 is 0 Å². The van der Waals surface area contributed by atoms with Crippen LogP contribution in [-0.4, -0.2) is 51.6 Å². The van der Waals surface area contributed by atoms with E-state index in [1.165, 1.54) is 18.4 Å². The van der Waals surface area contributed by atoms with Crippen LogP contribution in [0.5, 0.6) is 0 Å². The summed E-state index contributed by atoms with van der Waals surface area (Å²) in [6, 6.07) is 0. The van der Waals surface area contributed by atoms with E-state index in [9.17, 15) is 20.4 Å². The molecule has 0 aromatic rings. The topological polar surface area (TPSA) is 90.2 Å². The van der Waals surface area contributed by atoms with Gasteiger partial charge in [0.15, 0.2) is 5.79 Å². The zero-order valence-electron chi connectivity index (χ0n) is 20.2. The van der Waals surface area contributed by atoms with Gasteiger partial charge in [0.2, 0.25) is 0 Å². The largest absolute Gasteiger partial charge is 0.396 e. The standard InChI is InChI=1S/C27H44O5/c1-16-24-23(32-27(16,31)11-6-17(14-28)15-29)13-22-20-5-4-18-12-19(30)7-9-25(18,2)21(20)8-10-26(22,24)3/h4,16-17,19-24,28-31H,5-15H2,1-3H3/t16-,19?,20+,21-,22-,23-,24-,25-,26-,27?/m0/s1. The molecule has 0 aromatic heterocycles. The van der Waals surface area contributed by atoms with Gasteiger partial charge in [-0.15, -0.1) is 0 Å². The quantitative estimate of drug-likeness (QED) is 0.482. The van der Waals surface area contributed by atoms with Crippen molar-refractivity contribution in [1.29, 1.82) is 0 Å². The predicted molar refractivity (Wildman–Crippen MR) is 122 cm³/mol. The van der Waals surface area contributed by atoms with Gasteiger partial charge < -0.3 is 25.2 Å². The maximum Gasteiger partial charge on any atom is 0.168 e. The fourth-order valence-corrected chi connectivity index (χ4v) is 9.27. The first-order valence-corrected chi connectivity index (χ1v) is 13.2. The second-order valence-electron chi connectivity index (χ2n) is 12.5. The van der Waals surface area contributed by atoms with Gasteiger partial charge in [-0.3, -0.25) is 0 Å². The summed E-state index contributed by atoms with van der Waals surface area (Å²) in [5.41, 5.74) is 1.96. The minimum Gasteiger partial charge on any atom is -0.396 e. The molecule has 3 saturated carbocycles. The SMILES string of the molecule is C[C@H]1[C@H]2[C@H](C[C@H]3[C@@H]4CC=C5CC(O)CC[C@]5(C)[C@H]4CC[C@]23C)OC1(O)CCC(CO)CO. The van der Waals surface area contributed by atoms with Crippen LogP contribution in [0.2, 0.25) is 0 Å². The highest BCUT2D eigenvalue weighted by molar-refractivity contribution is 5.26. The van der Waals surface area contributed by atoms with Crippen LogP contribution in [0.25, 0.3) is 0 Å². The highest BCUT2D eigenvalue weighted by atomic mass is 16.6. The van der Waals surface area contributed by atoms with Crippen molar-refractivity contribution >= 4 is 0 Å². The molecule has 1 aliphatic heterocycles. The van der Waals surface area contributed by atoms with E-state index in [2.05, 4.69) is 26.8 Å². The number of aliphatic hydroxyl groups is 4. The lowest BCUT2D eigenvalue weighted by molar-refractivity contribution is -0.221. The number of allylic oxidation sites excluding steroid dienone is 1. The van der Waals surface area contributed by atoms with Crippen molar-refractivity contribution in [2.24, 2.45) is 46.3 Å². The second-order valence-corrected chi connectivity index (χ2v) is 12.5. The van der Waals surface area contributed by atoms with E-state index >= 15 is 0 Å². The molecule has 4 aliphatic carbocycles. The molecule has 1 saturated heterocycles. The van der Waals surface area contributed by atoms with E-state index < -0.39 is 5.79 Å². The minimum absolute atomic E-state index is 0.0536. The van der Waals surface area contributed by atoms with Crippen molar-refractivity contribution < 1.29 is 25.2 Å². The number of ether oxygens (including phenoxy) is 1. The molecule has 5 heteroatoms. The second kappa shape index (κ2) is 8.05. The summed E-state index contributed by atoms with van der Waals surface area (Å²) >= 11 is 0. The van der Waals surface area contributed by atoms with E-state index in [1.54, 1.807) is 0 Å². The van der Waals surface area contributed by atoms with Crippen molar-refractivity contribution in [2.75, 3.05) is 13.2 Å². The summed E-state index contributed by atoms with van der Waals surface area (Å²) in [5.74, 6) is 1.11. The molecule has 1 heterocycles. The molecule has 0 spiro atoms. The van der Waals surface area contributed by atoms with Crippen molar-refractivity contribution in [1.82, 2.24) is 0 Å². The van der Waals surface area contributed by atoms with Crippen LogP contribution in [0.3, 0.4) is 0 Å². The average Bonchev–Trinajstić information content (AvgIpc) is 3.19. The van der Waals surface area contributed by atoms with Crippen LogP contribution in [0.4, 0.5) is 0 Å². The number of hydrogen-bond donors (Lipinski definition) is 4. The maximum atomic E-state index is 11.4. The van der Waals surface area contributed by atoms with Crippen molar-refractivity contribution in [3.05, 3.63) is 11.6 Å². The zero-order chi connectivity index (χ0) is 22.9. The summed E-state index contributed by atoms with van der Waals surface area (Å²) in [4.78, 5) is 0. The summed E-state index contributed by atoms with van der Waals surface area (Å²) < 4.78 is 6.45. The predicted octanol–water partition coefficient (Wildman–Crippen LogP) is 3.64. The van der Waals surface area contributed by atoms with Crippen LogP contribution in [0.15, 0.2) is 11.6 Å². The van der Waals surface area contributed by atoms with Crippen LogP contribution in [0.1, 0.15) is 78.6 Å². The van der Waals surface area contributed by atoms with E-state index in [4.69, 9.17) is 4.74 Å². The van der Waals surface area contributed by atoms with Gasteiger partial charge >= 0.3 is 0 Å². The van der Waals surface area contributed by atoms with Gasteiger partial charge in [-0.2, -0.15) is 0 Å². The first-order chi connectivity index (χ1) is 15.2. The Bertz CT molecular complexity index is 748. The minimum atomic E-state index is -1.14. The van der Waals surface area contributed by atoms with E-state index in [1.807, 2.05) is 0 Å². The van der Waals surface area contributed by atoms with Gasteiger partial charge in [-0.05, 0) is 85.9 Å². The maximum absolute atomic E-state index is 11.4. The van der Waals surface area contributed by atoms with Crippen molar-refractivity contribution in [3.63, 3.8) is 0 Å². The molecule has 0 aromatic carbocycles. The molecule has 0 amide bonds. The van der Waals surface area contributed by atoms with E-state index in [0.717, 1.165) is 32.1 Å². The lowest BCUT2D eigenvalue weighted by Gasteiger charge is -2.58. The summed E-state index contributed by atoms with van der Waals surface area (Å²) in [7, 11) is 0. The number of hydrogen-bond acceptors (Lipinski definition) is 5. The van der Waals surface area contributed by atoms with E-state index in [0.29, 0.717) is 36.5 Å². The van der Waals surface area contributed by atoms with Gasteiger partial charge in [0.05, 0.1) is 12.2 Å². The smallest absolute Gasteiger partial charge is 0.168 e. The summed E-state index contributed by atoms with van der Waals surface area (Å²) in [6.07, 6.45) is 11.0. The molecular formula is C27H44O5. The van der Waals surface area contributed by atoms with Gasteiger partial charge in [0, 0.05) is 31.5 Å². The third-order valence-electron chi connectivity index (χ3n) is 11.2. The zero-order valence-corrected chi connectivity index (χ0v) is 20.2. The lowest BCUT2D eigenvalue weighted by atomic mass is 9.47. The summed E-state index contributed by atoms with van der Waals surface area (Å²) in [5, 5.41) is 40.5. The van der Waals surface area contributed by atoms with Gasteiger partial charge in [0.1, 0.15) is 0 Å². The highest BCUT2D eigenvalue weighted by Gasteiger charge is 2.67. The number of aliphatic hydroxyl groups excluding tert-OH is 3. The Morgan fingerprint density at radius 1 is 1.12 bits per heavy atom. The molecule has 10 atom stereocenters. The molecule has 32 heavy (non-hydrogen) atoms. The molecular weight excluding hydrogens is 404 g/mol. The highest BCUT2D eigenvalue weighted by Crippen LogP contribution is 2.70. The summed E-state index contributed by atoms with van der Waals surface area (Å²) in [6.45, 7) is 7.00. The Hall–Kier alpha value is -0.460. The first kappa shape index (κ1) is 23.3. The van der Waals surface area contributed by atoms with Gasteiger partial charge in [0.25, 0.3) is 0 Å². The Morgan fingerprint density at radius 3 is 2.59 bits per heavy atom. The van der Waals surface area contributed by atoms with Crippen LogP contribution in [-0.2, 0) is 4.74 Å². The third kappa shape index (κ3) is 3.29. The van der Waals surface area contributed by atoms with Crippen molar-refractivity contribution in [2.45, 2.75) is 96.6 Å². The first-order valence-electron chi connectivity index (χ1n) is 13.2. The Morgan fingerprint density at radius 2 is 1.88 bits per heavy atom. The monoisotopic (exact) mass is 448 g/mol. The normalized spacial score (nSPS) is 52.2. The third-order valence-corrected chi connectivity index (χ3v) is 11.2. The van der Waals surface area contributed by atoms with Crippen LogP contribution in [0, 0.1) is 46.3 Å². The van der Waals surface area contributed by atoms with Gasteiger partial charge in [-0.25, -0.2) is 0 Å². The van der Waals surface area contributed by atoms with Crippen molar-refractivity contribution in [3.8, 4) is 0 Å². The molecule has 182 valence electrons. The average molecular weight is 449 g/mol. The van der Waals surface area contributed by atoms with Gasteiger partial charge in [-0.1, -0.05) is 32.4 Å². The fourth-order valence-electron chi connectivity index (χ4n) is 9.27. The Balaban J connectivity index is 1.35. The molecule has 0 bridgehead atoms. The molecule has 5 nitrogen and oxygen atoms in total. The Labute approximate surface area is 193 Å². The number of fused-ring (bicyclic) bond motifs is 7. The molecule has 4 N–H and O–H groups in total. The van der Waals surface area contributed by atoms with Crippen LogP contribution < -0.4 is 0 Å². The fraction of sp³-hybridized carbons (Fsp3) is 0.926. The molecule has 0 radical (unpaired) electrons. The Kier molecular flexibility index (Phi) is 5.86. The molecule has 2 unspecified atom stereocenters. The lowest BCUT2D eigenvalue weighted by Crippen LogP contribution is -2.51.